The van der Waals surface area contributed by atoms with Gasteiger partial charge in [-0.2, -0.15) is 13.2 Å². The fourth-order valence-electron chi connectivity index (χ4n) is 3.81. The van der Waals surface area contributed by atoms with Crippen LogP contribution < -0.4 is 10.1 Å². The van der Waals surface area contributed by atoms with E-state index >= 15 is 0 Å². The summed E-state index contributed by atoms with van der Waals surface area (Å²) in [7, 11) is 0. The molecule has 1 aliphatic heterocycles. The highest BCUT2D eigenvalue weighted by molar-refractivity contribution is 5.95. The minimum atomic E-state index is -4.43. The van der Waals surface area contributed by atoms with Gasteiger partial charge in [-0.05, 0) is 68.1 Å². The second-order valence-electron chi connectivity index (χ2n) is 8.42. The molecule has 2 fully saturated rings. The Kier molecular flexibility index (Phi) is 6.39. The molecule has 1 heterocycles. The van der Waals surface area contributed by atoms with Crippen molar-refractivity contribution in [3.05, 3.63) is 65.2 Å². The van der Waals surface area contributed by atoms with Gasteiger partial charge < -0.3 is 15.0 Å². The first kappa shape index (κ1) is 22.2. The number of halogens is 3. The van der Waals surface area contributed by atoms with Gasteiger partial charge in [0.2, 0.25) is 0 Å². The minimum absolute atomic E-state index is 0.103. The zero-order valence-corrected chi connectivity index (χ0v) is 17.5. The maximum Gasteiger partial charge on any atom is 0.416 e. The van der Waals surface area contributed by atoms with Crippen molar-refractivity contribution >= 4 is 11.8 Å². The average Bonchev–Trinajstić information content (AvgIpc) is 3.61. The molecule has 0 spiro atoms. The van der Waals surface area contributed by atoms with E-state index in [-0.39, 0.29) is 29.3 Å². The van der Waals surface area contributed by atoms with E-state index in [0.29, 0.717) is 31.0 Å². The molecular weight excluding hydrogens is 421 g/mol. The summed E-state index contributed by atoms with van der Waals surface area (Å²) in [5, 5.41) is 2.95. The maximum atomic E-state index is 12.8. The lowest BCUT2D eigenvalue weighted by Crippen LogP contribution is -2.41. The molecule has 2 aromatic carbocycles. The number of amides is 2. The van der Waals surface area contributed by atoms with Gasteiger partial charge in [0, 0.05) is 36.2 Å². The molecule has 1 N–H and O–H groups in total. The molecule has 1 saturated carbocycles. The standard InChI is InChI=1S/C24H25F3N2O3/c25-24(26,27)19-8-6-17(7-9-19)23(31)29-12-2-3-16(14-29)15-32-21-5-1-4-18(13-21)22(30)28-20-10-11-20/h1,4-9,13,16,20H,2-3,10-12,14-15H2,(H,28,30). The van der Waals surface area contributed by atoms with Gasteiger partial charge in [-0.25, -0.2) is 0 Å². The Morgan fingerprint density at radius 1 is 1.03 bits per heavy atom. The lowest BCUT2D eigenvalue weighted by molar-refractivity contribution is -0.137. The first-order valence-corrected chi connectivity index (χ1v) is 10.8. The van der Waals surface area contributed by atoms with E-state index in [4.69, 9.17) is 4.74 Å². The van der Waals surface area contributed by atoms with Crippen LogP contribution >= 0.6 is 0 Å². The van der Waals surface area contributed by atoms with Gasteiger partial charge in [0.1, 0.15) is 5.75 Å². The monoisotopic (exact) mass is 446 g/mol. The number of benzene rings is 2. The van der Waals surface area contributed by atoms with E-state index in [9.17, 15) is 22.8 Å². The summed E-state index contributed by atoms with van der Waals surface area (Å²) < 4.78 is 44.1. The summed E-state index contributed by atoms with van der Waals surface area (Å²) in [5.41, 5.74) is 0.0260. The average molecular weight is 446 g/mol. The number of hydrogen-bond acceptors (Lipinski definition) is 3. The number of nitrogens with zero attached hydrogens (tertiary/aromatic N) is 1. The molecule has 5 nitrogen and oxygen atoms in total. The molecular formula is C24H25F3N2O3. The topological polar surface area (TPSA) is 58.6 Å². The normalized spacial score (nSPS) is 18.8. The minimum Gasteiger partial charge on any atom is -0.493 e. The molecule has 1 atom stereocenters. The van der Waals surface area contributed by atoms with Gasteiger partial charge >= 0.3 is 6.18 Å². The van der Waals surface area contributed by atoms with Crippen LogP contribution in [-0.4, -0.2) is 42.5 Å². The molecule has 0 radical (unpaired) electrons. The Hall–Kier alpha value is -3.03. The van der Waals surface area contributed by atoms with E-state index in [1.165, 1.54) is 12.1 Å². The van der Waals surface area contributed by atoms with Gasteiger partial charge in [-0.15, -0.1) is 0 Å². The van der Waals surface area contributed by atoms with Crippen LogP contribution in [0.5, 0.6) is 5.75 Å². The zero-order valence-electron chi connectivity index (χ0n) is 17.5. The number of carbonyl (C=O) groups excluding carboxylic acids is 2. The van der Waals surface area contributed by atoms with Gasteiger partial charge in [0.25, 0.3) is 11.8 Å². The molecule has 4 rings (SSSR count). The van der Waals surface area contributed by atoms with Gasteiger partial charge in [0.05, 0.1) is 12.2 Å². The number of likely N-dealkylation sites (tertiary alicyclic amines) is 1. The van der Waals surface area contributed by atoms with Gasteiger partial charge in [-0.1, -0.05) is 6.07 Å². The quantitative estimate of drug-likeness (QED) is 0.710. The lowest BCUT2D eigenvalue weighted by atomic mass is 9.98. The van der Waals surface area contributed by atoms with Crippen molar-refractivity contribution in [2.45, 2.75) is 37.9 Å². The van der Waals surface area contributed by atoms with E-state index in [2.05, 4.69) is 5.32 Å². The first-order chi connectivity index (χ1) is 15.3. The van der Waals surface area contributed by atoms with Crippen molar-refractivity contribution in [2.75, 3.05) is 19.7 Å². The highest BCUT2D eigenvalue weighted by Gasteiger charge is 2.31. The number of carbonyl (C=O) groups is 2. The van der Waals surface area contributed by atoms with Gasteiger partial charge in [-0.3, -0.25) is 9.59 Å². The number of rotatable bonds is 6. The molecule has 1 saturated heterocycles. The summed E-state index contributed by atoms with van der Waals surface area (Å²) in [6.07, 6.45) is -0.704. The van der Waals surface area contributed by atoms with Crippen LogP contribution in [0.25, 0.3) is 0 Å². The largest absolute Gasteiger partial charge is 0.493 e. The third-order valence-electron chi connectivity index (χ3n) is 5.76. The van der Waals surface area contributed by atoms with Crippen molar-refractivity contribution in [3.8, 4) is 5.75 Å². The third-order valence-corrected chi connectivity index (χ3v) is 5.76. The van der Waals surface area contributed by atoms with Crippen LogP contribution in [0.4, 0.5) is 13.2 Å². The van der Waals surface area contributed by atoms with Crippen LogP contribution in [0.2, 0.25) is 0 Å². The molecule has 2 aliphatic rings. The Morgan fingerprint density at radius 3 is 2.47 bits per heavy atom. The lowest BCUT2D eigenvalue weighted by Gasteiger charge is -2.32. The molecule has 2 aromatic rings. The predicted octanol–water partition coefficient (Wildman–Crippen LogP) is 4.53. The predicted molar refractivity (Wildman–Crippen MR) is 112 cm³/mol. The van der Waals surface area contributed by atoms with Crippen LogP contribution in [0, 0.1) is 5.92 Å². The van der Waals surface area contributed by atoms with Crippen LogP contribution in [0.1, 0.15) is 52.0 Å². The molecule has 0 aromatic heterocycles. The van der Waals surface area contributed by atoms with E-state index in [1.54, 1.807) is 29.2 Å². The van der Waals surface area contributed by atoms with E-state index < -0.39 is 11.7 Å². The molecule has 170 valence electrons. The van der Waals surface area contributed by atoms with E-state index in [1.807, 2.05) is 0 Å². The number of ether oxygens (including phenoxy) is 1. The Morgan fingerprint density at radius 2 is 1.78 bits per heavy atom. The molecule has 2 amide bonds. The van der Waals surface area contributed by atoms with Crippen molar-refractivity contribution < 1.29 is 27.5 Å². The smallest absolute Gasteiger partial charge is 0.416 e. The SMILES string of the molecule is O=C(NC1CC1)c1cccc(OCC2CCCN(C(=O)c3ccc(C(F)(F)F)cc3)C2)c1. The molecule has 0 bridgehead atoms. The summed E-state index contributed by atoms with van der Waals surface area (Å²) in [6, 6.07) is 11.6. The van der Waals surface area contributed by atoms with Crippen LogP contribution in [0.3, 0.4) is 0 Å². The number of alkyl halides is 3. The summed E-state index contributed by atoms with van der Waals surface area (Å²) in [4.78, 5) is 26.6. The Balaban J connectivity index is 1.32. The van der Waals surface area contributed by atoms with Crippen LogP contribution in [0.15, 0.2) is 48.5 Å². The highest BCUT2D eigenvalue weighted by atomic mass is 19.4. The highest BCUT2D eigenvalue weighted by Crippen LogP contribution is 2.29. The zero-order chi connectivity index (χ0) is 22.7. The number of hydrogen-bond donors (Lipinski definition) is 1. The third kappa shape index (κ3) is 5.60. The number of piperidine rings is 1. The fraction of sp³-hybridized carbons (Fsp3) is 0.417. The van der Waals surface area contributed by atoms with E-state index in [0.717, 1.165) is 37.8 Å². The van der Waals surface area contributed by atoms with Crippen molar-refractivity contribution in [1.82, 2.24) is 10.2 Å². The number of nitrogens with one attached hydrogen (secondary N) is 1. The maximum absolute atomic E-state index is 12.8. The van der Waals surface area contributed by atoms with Crippen molar-refractivity contribution in [1.29, 1.82) is 0 Å². The van der Waals surface area contributed by atoms with Crippen molar-refractivity contribution in [3.63, 3.8) is 0 Å². The van der Waals surface area contributed by atoms with Gasteiger partial charge in [0.15, 0.2) is 0 Å². The fourth-order valence-corrected chi connectivity index (χ4v) is 3.81. The second kappa shape index (κ2) is 9.22. The van der Waals surface area contributed by atoms with Crippen molar-refractivity contribution in [2.24, 2.45) is 5.92 Å². The molecule has 1 unspecified atom stereocenters. The summed E-state index contributed by atoms with van der Waals surface area (Å²) in [5.74, 6) is 0.317. The summed E-state index contributed by atoms with van der Waals surface area (Å²) in [6.45, 7) is 1.43. The Labute approximate surface area is 184 Å². The molecule has 32 heavy (non-hydrogen) atoms. The molecule has 1 aliphatic carbocycles. The second-order valence-corrected chi connectivity index (χ2v) is 8.42. The van der Waals surface area contributed by atoms with Crippen LogP contribution in [-0.2, 0) is 6.18 Å². The first-order valence-electron chi connectivity index (χ1n) is 10.8. The Bertz CT molecular complexity index is 971. The molecule has 8 heteroatoms. The summed E-state index contributed by atoms with van der Waals surface area (Å²) >= 11 is 0.